The fraction of sp³-hybridized carbons (Fsp3) is 0.154. The molecule has 4 rings (SSSR count). The molecule has 3 aromatic carbocycles. The highest BCUT2D eigenvalue weighted by Crippen LogP contribution is 2.43. The molecule has 1 heterocycles. The van der Waals surface area contributed by atoms with Crippen LogP contribution in [0.1, 0.15) is 33.9 Å². The molecule has 0 aliphatic heterocycles. The van der Waals surface area contributed by atoms with Crippen molar-refractivity contribution in [2.45, 2.75) is 18.7 Å². The summed E-state index contributed by atoms with van der Waals surface area (Å²) in [5.41, 5.74) is 0.718. The van der Waals surface area contributed by atoms with E-state index in [1.54, 1.807) is 74.5 Å². The molecule has 7 nitrogen and oxygen atoms in total. The quantitative estimate of drug-likeness (QED) is 0.259. The van der Waals surface area contributed by atoms with Gasteiger partial charge in [0, 0.05) is 16.0 Å². The lowest BCUT2D eigenvalue weighted by molar-refractivity contribution is 0.0528. The van der Waals surface area contributed by atoms with Crippen LogP contribution in [0.25, 0.3) is 21.9 Å². The van der Waals surface area contributed by atoms with Crippen LogP contribution in [-0.2, 0) is 19.5 Å². The number of anilines is 1. The van der Waals surface area contributed by atoms with Crippen molar-refractivity contribution in [3.63, 3.8) is 0 Å². The van der Waals surface area contributed by atoms with Gasteiger partial charge in [0.2, 0.25) is 0 Å². The molecule has 0 aliphatic rings. The van der Waals surface area contributed by atoms with Crippen molar-refractivity contribution in [3.05, 3.63) is 82.2 Å². The van der Waals surface area contributed by atoms with Crippen LogP contribution in [-0.4, -0.2) is 33.6 Å². The van der Waals surface area contributed by atoms with Gasteiger partial charge in [-0.3, -0.25) is 4.72 Å². The zero-order valence-corrected chi connectivity index (χ0v) is 21.8. The Labute approximate surface area is 217 Å². The average molecular weight is 544 g/mol. The fourth-order valence-electron chi connectivity index (χ4n) is 3.78. The Balaban J connectivity index is 1.94. The number of halogens is 1. The van der Waals surface area contributed by atoms with Crippen molar-refractivity contribution >= 4 is 60.7 Å². The van der Waals surface area contributed by atoms with E-state index in [4.69, 9.17) is 21.1 Å². The van der Waals surface area contributed by atoms with Crippen molar-refractivity contribution in [2.75, 3.05) is 17.9 Å². The molecular weight excluding hydrogens is 522 g/mol. The predicted molar refractivity (Wildman–Crippen MR) is 141 cm³/mol. The van der Waals surface area contributed by atoms with Crippen molar-refractivity contribution in [1.82, 2.24) is 0 Å². The predicted octanol–water partition coefficient (Wildman–Crippen LogP) is 6.38. The third-order valence-electron chi connectivity index (χ3n) is 5.24. The molecule has 1 aromatic heterocycles. The van der Waals surface area contributed by atoms with Crippen molar-refractivity contribution in [3.8, 4) is 11.1 Å². The number of sulfonamides is 1. The van der Waals surface area contributed by atoms with Crippen LogP contribution in [0.2, 0.25) is 5.02 Å². The molecule has 4 aromatic rings. The first kappa shape index (κ1) is 25.7. The number of esters is 2. The van der Waals surface area contributed by atoms with E-state index in [1.807, 2.05) is 0 Å². The molecule has 1 N–H and O–H groups in total. The van der Waals surface area contributed by atoms with Crippen LogP contribution in [0.4, 0.5) is 5.00 Å². The standard InChI is InChI=1S/C26H22ClNO6S2/c1-3-33-25(29)22-21(17-10-6-5-7-11-17)23(26(30)34-4-2)35-24(22)28-36(31,32)19-15-9-13-16-12-8-14-18(27)20(16)19/h5-15,28H,3-4H2,1-2H3. The Kier molecular flexibility index (Phi) is 7.63. The lowest BCUT2D eigenvalue weighted by atomic mass is 10.0. The Morgan fingerprint density at radius 3 is 2.19 bits per heavy atom. The third kappa shape index (κ3) is 4.95. The first-order valence-corrected chi connectivity index (χ1v) is 13.7. The van der Waals surface area contributed by atoms with Gasteiger partial charge in [0.1, 0.15) is 15.4 Å². The van der Waals surface area contributed by atoms with E-state index in [-0.39, 0.29) is 44.1 Å². The first-order valence-electron chi connectivity index (χ1n) is 11.0. The number of benzene rings is 3. The number of thiophene rings is 1. The van der Waals surface area contributed by atoms with Gasteiger partial charge >= 0.3 is 11.9 Å². The van der Waals surface area contributed by atoms with E-state index in [1.165, 1.54) is 6.07 Å². The van der Waals surface area contributed by atoms with Crippen LogP contribution in [0.3, 0.4) is 0 Å². The number of ether oxygens (including phenoxy) is 2. The molecule has 0 amide bonds. The molecule has 0 saturated heterocycles. The molecule has 0 fully saturated rings. The molecule has 0 radical (unpaired) electrons. The van der Waals surface area contributed by atoms with Gasteiger partial charge in [-0.2, -0.15) is 0 Å². The minimum absolute atomic E-state index is 0.0561. The van der Waals surface area contributed by atoms with Gasteiger partial charge in [0.05, 0.1) is 18.1 Å². The number of carbonyl (C=O) groups is 2. The molecule has 10 heteroatoms. The summed E-state index contributed by atoms with van der Waals surface area (Å²) in [6, 6.07) is 18.6. The smallest absolute Gasteiger partial charge is 0.349 e. The zero-order valence-electron chi connectivity index (χ0n) is 19.4. The molecule has 0 unspecified atom stereocenters. The highest BCUT2D eigenvalue weighted by Gasteiger charge is 2.32. The topological polar surface area (TPSA) is 98.8 Å². The zero-order chi connectivity index (χ0) is 25.9. The summed E-state index contributed by atoms with van der Waals surface area (Å²) in [7, 11) is -4.24. The van der Waals surface area contributed by atoms with Gasteiger partial charge < -0.3 is 9.47 Å². The van der Waals surface area contributed by atoms with Gasteiger partial charge in [-0.1, -0.05) is 66.2 Å². The van der Waals surface area contributed by atoms with Crippen molar-refractivity contribution < 1.29 is 27.5 Å². The monoisotopic (exact) mass is 543 g/mol. The summed E-state index contributed by atoms with van der Waals surface area (Å²) >= 11 is 7.17. The number of rotatable bonds is 8. The minimum atomic E-state index is -4.24. The fourth-order valence-corrected chi connectivity index (χ4v) is 6.79. The maximum Gasteiger partial charge on any atom is 0.349 e. The van der Waals surface area contributed by atoms with Gasteiger partial charge in [-0.15, -0.1) is 11.3 Å². The normalized spacial score (nSPS) is 11.3. The van der Waals surface area contributed by atoms with Crippen molar-refractivity contribution in [1.29, 1.82) is 0 Å². The largest absolute Gasteiger partial charge is 0.462 e. The van der Waals surface area contributed by atoms with Gasteiger partial charge in [0.25, 0.3) is 10.0 Å². The number of nitrogens with one attached hydrogen (secondary N) is 1. The van der Waals surface area contributed by atoms with Gasteiger partial charge in [-0.25, -0.2) is 18.0 Å². The molecule has 0 saturated carbocycles. The van der Waals surface area contributed by atoms with E-state index in [0.29, 0.717) is 16.3 Å². The number of fused-ring (bicyclic) bond motifs is 1. The van der Waals surface area contributed by atoms with E-state index in [9.17, 15) is 18.0 Å². The lowest BCUT2D eigenvalue weighted by Crippen LogP contribution is -2.16. The molecule has 0 aliphatic carbocycles. The Hall–Kier alpha value is -3.40. The summed E-state index contributed by atoms with van der Waals surface area (Å²) in [6.45, 7) is 3.46. The van der Waals surface area contributed by atoms with Crippen LogP contribution in [0.5, 0.6) is 0 Å². The van der Waals surface area contributed by atoms with Gasteiger partial charge in [0.15, 0.2) is 0 Å². The number of hydrogen-bond acceptors (Lipinski definition) is 7. The van der Waals surface area contributed by atoms with Crippen LogP contribution in [0.15, 0.2) is 71.6 Å². The van der Waals surface area contributed by atoms with Crippen LogP contribution < -0.4 is 4.72 Å². The Morgan fingerprint density at radius 1 is 0.889 bits per heavy atom. The summed E-state index contributed by atoms with van der Waals surface area (Å²) in [6.07, 6.45) is 0. The number of hydrogen-bond donors (Lipinski definition) is 1. The van der Waals surface area contributed by atoms with Crippen LogP contribution >= 0.6 is 22.9 Å². The summed E-state index contributed by atoms with van der Waals surface area (Å²) in [5.74, 6) is -1.44. The van der Waals surface area contributed by atoms with E-state index < -0.39 is 22.0 Å². The summed E-state index contributed by atoms with van der Waals surface area (Å²) in [5, 5.41) is 1.19. The molecule has 0 atom stereocenters. The Bertz CT molecular complexity index is 1540. The molecule has 0 spiro atoms. The first-order chi connectivity index (χ1) is 17.3. The molecular formula is C26H22ClNO6S2. The van der Waals surface area contributed by atoms with Crippen LogP contribution in [0, 0.1) is 0 Å². The molecule has 186 valence electrons. The third-order valence-corrected chi connectivity index (χ3v) is 8.16. The maximum absolute atomic E-state index is 13.6. The average Bonchev–Trinajstić information content (AvgIpc) is 3.23. The Morgan fingerprint density at radius 2 is 1.53 bits per heavy atom. The SMILES string of the molecule is CCOC(=O)c1sc(NS(=O)(=O)c2cccc3cccc(Cl)c23)c(C(=O)OCC)c1-c1ccccc1. The second kappa shape index (κ2) is 10.7. The van der Waals surface area contributed by atoms with E-state index in [2.05, 4.69) is 4.72 Å². The lowest BCUT2D eigenvalue weighted by Gasteiger charge is -2.12. The summed E-state index contributed by atoms with van der Waals surface area (Å²) in [4.78, 5) is 26.0. The van der Waals surface area contributed by atoms with Gasteiger partial charge in [-0.05, 0) is 36.9 Å². The number of carbonyl (C=O) groups excluding carboxylic acids is 2. The van der Waals surface area contributed by atoms with E-state index in [0.717, 1.165) is 11.3 Å². The second-order valence-electron chi connectivity index (χ2n) is 7.52. The second-order valence-corrected chi connectivity index (χ2v) is 10.6. The highest BCUT2D eigenvalue weighted by molar-refractivity contribution is 7.93. The molecule has 0 bridgehead atoms. The van der Waals surface area contributed by atoms with E-state index >= 15 is 0 Å². The minimum Gasteiger partial charge on any atom is -0.462 e. The summed E-state index contributed by atoms with van der Waals surface area (Å²) < 4.78 is 40.2. The van der Waals surface area contributed by atoms with Crippen molar-refractivity contribution in [2.24, 2.45) is 0 Å². The highest BCUT2D eigenvalue weighted by atomic mass is 35.5. The molecule has 36 heavy (non-hydrogen) atoms. The maximum atomic E-state index is 13.6.